The number of hydrogen-bond acceptors (Lipinski definition) is 3. The minimum absolute atomic E-state index is 0.0126. The zero-order chi connectivity index (χ0) is 16.8. The van der Waals surface area contributed by atoms with Gasteiger partial charge < -0.3 is 0 Å². The van der Waals surface area contributed by atoms with Gasteiger partial charge in [-0.2, -0.15) is 10.4 Å². The van der Waals surface area contributed by atoms with Crippen molar-refractivity contribution in [3.63, 3.8) is 0 Å². The van der Waals surface area contributed by atoms with E-state index in [0.29, 0.717) is 5.57 Å². The molecule has 0 bridgehead atoms. The van der Waals surface area contributed by atoms with Crippen LogP contribution in [-0.4, -0.2) is 15.6 Å². The third-order valence-corrected chi connectivity index (χ3v) is 5.52. The Morgan fingerprint density at radius 1 is 1.29 bits per heavy atom. The molecule has 24 heavy (non-hydrogen) atoms. The Hall–Kier alpha value is -2.67. The molecule has 0 aliphatic heterocycles. The van der Waals surface area contributed by atoms with Gasteiger partial charge in [0.25, 0.3) is 0 Å². The topological polar surface area (TPSA) is 58.7 Å². The fraction of sp³-hybridized carbons (Fsp3) is 0.350. The molecule has 0 amide bonds. The lowest BCUT2D eigenvalue weighted by Crippen LogP contribution is -2.34. The number of fused-ring (bicyclic) bond motifs is 3. The van der Waals surface area contributed by atoms with Gasteiger partial charge in [-0.3, -0.25) is 9.48 Å². The number of aryl methyl sites for hydroxylation is 1. The van der Waals surface area contributed by atoms with Crippen LogP contribution in [0.25, 0.3) is 11.3 Å². The van der Waals surface area contributed by atoms with Crippen LogP contribution in [0, 0.1) is 23.2 Å². The molecule has 0 saturated heterocycles. The van der Waals surface area contributed by atoms with Crippen LogP contribution in [0.2, 0.25) is 0 Å². The number of Topliss-reactive ketones (excluding diaryl/α,β-unsaturated/α-hetero) is 1. The van der Waals surface area contributed by atoms with E-state index in [2.05, 4.69) is 18.2 Å². The molecule has 0 radical (unpaired) electrons. The molecule has 2 aliphatic carbocycles. The van der Waals surface area contributed by atoms with Crippen molar-refractivity contribution < 1.29 is 4.79 Å². The number of benzene rings is 1. The zero-order valence-electron chi connectivity index (χ0n) is 13.9. The molecule has 0 saturated carbocycles. The van der Waals surface area contributed by atoms with Gasteiger partial charge >= 0.3 is 0 Å². The molecule has 0 N–H and O–H groups in total. The molecular formula is C20H19N3O. The van der Waals surface area contributed by atoms with E-state index in [1.54, 1.807) is 0 Å². The van der Waals surface area contributed by atoms with Crippen LogP contribution in [-0.2, 0) is 18.3 Å². The van der Waals surface area contributed by atoms with E-state index >= 15 is 0 Å². The first kappa shape index (κ1) is 14.9. The number of nitrogens with zero attached hydrogens (tertiary/aromatic N) is 3. The fourth-order valence-corrected chi connectivity index (χ4v) is 4.31. The first-order chi connectivity index (χ1) is 11.6. The SMILES string of the molecule is CC1C(=O)C(C#N)=CC2c3nn(C)c(-c4ccccc4)c3CCC12. The Morgan fingerprint density at radius 3 is 2.75 bits per heavy atom. The van der Waals surface area contributed by atoms with Gasteiger partial charge in [0.1, 0.15) is 6.07 Å². The number of ketones is 1. The molecule has 2 aliphatic rings. The highest BCUT2D eigenvalue weighted by atomic mass is 16.1. The van der Waals surface area contributed by atoms with Gasteiger partial charge in [-0.25, -0.2) is 0 Å². The lowest BCUT2D eigenvalue weighted by Gasteiger charge is -2.36. The second kappa shape index (κ2) is 5.45. The van der Waals surface area contributed by atoms with E-state index in [1.807, 2.05) is 42.9 Å². The second-order valence-electron chi connectivity index (χ2n) is 6.78. The predicted molar refractivity (Wildman–Crippen MR) is 91.1 cm³/mol. The van der Waals surface area contributed by atoms with Crippen molar-refractivity contribution in [3.8, 4) is 17.3 Å². The summed E-state index contributed by atoms with van der Waals surface area (Å²) in [6.45, 7) is 1.95. The predicted octanol–water partition coefficient (Wildman–Crippen LogP) is 3.40. The third-order valence-electron chi connectivity index (χ3n) is 5.52. The summed E-state index contributed by atoms with van der Waals surface area (Å²) < 4.78 is 1.95. The monoisotopic (exact) mass is 317 g/mol. The summed E-state index contributed by atoms with van der Waals surface area (Å²) >= 11 is 0. The van der Waals surface area contributed by atoms with Gasteiger partial charge in [-0.05, 0) is 18.8 Å². The number of carbonyl (C=O) groups is 1. The van der Waals surface area contributed by atoms with Crippen LogP contribution in [0.15, 0.2) is 42.0 Å². The zero-order valence-corrected chi connectivity index (χ0v) is 13.9. The Morgan fingerprint density at radius 2 is 2.04 bits per heavy atom. The Balaban J connectivity index is 1.87. The van der Waals surface area contributed by atoms with Gasteiger partial charge in [0.2, 0.25) is 0 Å². The van der Waals surface area contributed by atoms with E-state index in [1.165, 1.54) is 5.56 Å². The molecule has 120 valence electrons. The molecule has 4 nitrogen and oxygen atoms in total. The van der Waals surface area contributed by atoms with Gasteiger partial charge in [-0.15, -0.1) is 0 Å². The van der Waals surface area contributed by atoms with E-state index in [-0.39, 0.29) is 23.5 Å². The van der Waals surface area contributed by atoms with Crippen LogP contribution in [0.3, 0.4) is 0 Å². The molecule has 1 aromatic carbocycles. The van der Waals surface area contributed by atoms with Crippen molar-refractivity contribution in [1.82, 2.24) is 9.78 Å². The lowest BCUT2D eigenvalue weighted by atomic mass is 9.66. The van der Waals surface area contributed by atoms with Crippen molar-refractivity contribution in [3.05, 3.63) is 53.2 Å². The minimum Gasteiger partial charge on any atom is -0.293 e. The molecular weight excluding hydrogens is 298 g/mol. The van der Waals surface area contributed by atoms with Crippen molar-refractivity contribution in [2.75, 3.05) is 0 Å². The smallest absolute Gasteiger partial charge is 0.176 e. The first-order valence-corrected chi connectivity index (χ1v) is 8.39. The van der Waals surface area contributed by atoms with Crippen LogP contribution < -0.4 is 0 Å². The Bertz CT molecular complexity index is 886. The number of hydrogen-bond donors (Lipinski definition) is 0. The van der Waals surface area contributed by atoms with Gasteiger partial charge in [0.05, 0.1) is 17.0 Å². The molecule has 3 unspecified atom stereocenters. The highest BCUT2D eigenvalue weighted by Crippen LogP contribution is 2.46. The number of aromatic nitrogens is 2. The van der Waals surface area contributed by atoms with Crippen molar-refractivity contribution in [2.24, 2.45) is 18.9 Å². The summed E-state index contributed by atoms with van der Waals surface area (Å²) in [5, 5.41) is 14.1. The van der Waals surface area contributed by atoms with Crippen molar-refractivity contribution in [1.29, 1.82) is 5.26 Å². The van der Waals surface area contributed by atoms with E-state index in [9.17, 15) is 10.1 Å². The molecule has 0 spiro atoms. The summed E-state index contributed by atoms with van der Waals surface area (Å²) in [7, 11) is 1.97. The molecule has 1 heterocycles. The van der Waals surface area contributed by atoms with Crippen molar-refractivity contribution in [2.45, 2.75) is 25.7 Å². The minimum atomic E-state index is -0.106. The van der Waals surface area contributed by atoms with E-state index < -0.39 is 0 Å². The summed E-state index contributed by atoms with van der Waals surface area (Å²) in [5.74, 6) is 0.201. The van der Waals surface area contributed by atoms with Gasteiger partial charge in [0, 0.05) is 30.0 Å². The molecule has 2 aromatic rings. The molecule has 1 aromatic heterocycles. The maximum atomic E-state index is 12.3. The van der Waals surface area contributed by atoms with E-state index in [0.717, 1.165) is 29.8 Å². The normalized spacial score (nSPS) is 25.5. The second-order valence-corrected chi connectivity index (χ2v) is 6.78. The maximum Gasteiger partial charge on any atom is 0.176 e. The number of rotatable bonds is 1. The highest BCUT2D eigenvalue weighted by Gasteiger charge is 2.42. The average molecular weight is 317 g/mol. The average Bonchev–Trinajstić information content (AvgIpc) is 2.94. The summed E-state index contributed by atoms with van der Waals surface area (Å²) in [6.07, 6.45) is 3.75. The number of allylic oxidation sites excluding steroid dienone is 2. The third kappa shape index (κ3) is 2.05. The quantitative estimate of drug-likeness (QED) is 0.810. The van der Waals surface area contributed by atoms with Crippen LogP contribution >= 0.6 is 0 Å². The van der Waals surface area contributed by atoms with E-state index in [4.69, 9.17) is 5.10 Å². The molecule has 4 rings (SSSR count). The standard InChI is InChI=1S/C20H19N3O/c1-12-15-8-9-16-18(17(15)10-14(11-21)20(12)24)22-23(2)19(16)13-6-4-3-5-7-13/h3-7,10,12,15,17H,8-9H2,1-2H3. The number of nitriles is 1. The maximum absolute atomic E-state index is 12.3. The highest BCUT2D eigenvalue weighted by molar-refractivity contribution is 6.01. The molecule has 3 atom stereocenters. The first-order valence-electron chi connectivity index (χ1n) is 8.39. The van der Waals surface area contributed by atoms with Crippen LogP contribution in [0.5, 0.6) is 0 Å². The van der Waals surface area contributed by atoms with Crippen LogP contribution in [0.4, 0.5) is 0 Å². The molecule has 4 heteroatoms. The van der Waals surface area contributed by atoms with Gasteiger partial charge in [-0.1, -0.05) is 43.3 Å². The van der Waals surface area contributed by atoms with Crippen LogP contribution in [0.1, 0.15) is 30.5 Å². The molecule has 0 fully saturated rings. The number of carbonyl (C=O) groups excluding carboxylic acids is 1. The fourth-order valence-electron chi connectivity index (χ4n) is 4.31. The van der Waals surface area contributed by atoms with Gasteiger partial charge in [0.15, 0.2) is 5.78 Å². The Kier molecular flexibility index (Phi) is 3.38. The summed E-state index contributed by atoms with van der Waals surface area (Å²) in [5.41, 5.74) is 4.92. The lowest BCUT2D eigenvalue weighted by molar-refractivity contribution is -0.120. The summed E-state index contributed by atoms with van der Waals surface area (Å²) in [4.78, 5) is 12.3. The van der Waals surface area contributed by atoms with Crippen molar-refractivity contribution >= 4 is 5.78 Å². The largest absolute Gasteiger partial charge is 0.293 e. The summed E-state index contributed by atoms with van der Waals surface area (Å²) in [6, 6.07) is 12.4. The Labute approximate surface area is 141 Å².